The van der Waals surface area contributed by atoms with Crippen LogP contribution < -0.4 is 5.32 Å². The van der Waals surface area contributed by atoms with E-state index in [-0.39, 0.29) is 11.9 Å². The van der Waals surface area contributed by atoms with Crippen molar-refractivity contribution in [2.75, 3.05) is 0 Å². The molecule has 0 bridgehead atoms. The topological polar surface area (TPSA) is 49.3 Å². The van der Waals surface area contributed by atoms with Crippen molar-refractivity contribution in [3.05, 3.63) is 35.9 Å². The fraction of sp³-hybridized carbons (Fsp3) is 0.222. The van der Waals surface area contributed by atoms with E-state index >= 15 is 0 Å². The minimum absolute atomic E-state index is 0.210. The highest BCUT2D eigenvalue weighted by molar-refractivity contribution is 5.88. The number of hydrogen-bond acceptors (Lipinski definition) is 2. The van der Waals surface area contributed by atoms with Gasteiger partial charge in [-0.3, -0.25) is 4.79 Å². The van der Waals surface area contributed by atoms with Crippen molar-refractivity contribution in [1.29, 1.82) is 0 Å². The molecule has 1 fully saturated rings. The molecule has 2 rings (SSSR count). The number of carbonyl (C=O) groups excluding carboxylic acids is 1. The Morgan fingerprint density at radius 1 is 1.25 bits per heavy atom. The highest BCUT2D eigenvalue weighted by Crippen LogP contribution is 2.23. The molecule has 1 aliphatic rings. The summed E-state index contributed by atoms with van der Waals surface area (Å²) < 4.78 is 0. The van der Waals surface area contributed by atoms with Crippen molar-refractivity contribution < 1.29 is 9.90 Å². The van der Waals surface area contributed by atoms with Gasteiger partial charge in [0, 0.05) is 0 Å². The van der Waals surface area contributed by atoms with E-state index in [4.69, 9.17) is 0 Å². The Morgan fingerprint density at radius 2 is 1.92 bits per heavy atom. The van der Waals surface area contributed by atoms with Crippen molar-refractivity contribution in [3.63, 3.8) is 0 Å². The first kappa shape index (κ1) is 7.31. The summed E-state index contributed by atoms with van der Waals surface area (Å²) in [4.78, 5) is 10.7. The Labute approximate surface area is 70.0 Å². The van der Waals surface area contributed by atoms with Crippen LogP contribution in [0.3, 0.4) is 0 Å². The van der Waals surface area contributed by atoms with E-state index in [0.29, 0.717) is 0 Å². The summed E-state index contributed by atoms with van der Waals surface area (Å²) in [6, 6.07) is 9.22. The van der Waals surface area contributed by atoms with Crippen molar-refractivity contribution in [2.24, 2.45) is 0 Å². The second-order valence-electron chi connectivity index (χ2n) is 2.84. The summed E-state index contributed by atoms with van der Waals surface area (Å²) in [5.74, 6) is -0.288. The lowest BCUT2D eigenvalue weighted by molar-refractivity contribution is -0.142. The van der Waals surface area contributed by atoms with Crippen LogP contribution >= 0.6 is 0 Å². The summed E-state index contributed by atoms with van der Waals surface area (Å²) in [6.45, 7) is 0. The number of rotatable bonds is 1. The van der Waals surface area contributed by atoms with Crippen LogP contribution in [0.15, 0.2) is 30.3 Å². The highest BCUT2D eigenvalue weighted by Gasteiger charge is 2.38. The molecule has 2 N–H and O–H groups in total. The third kappa shape index (κ3) is 0.987. The molecule has 1 heterocycles. The van der Waals surface area contributed by atoms with Gasteiger partial charge in [-0.15, -0.1) is 0 Å². The number of aliphatic hydroxyl groups is 1. The first-order valence-corrected chi connectivity index (χ1v) is 3.82. The average Bonchev–Trinajstić information content (AvgIpc) is 2.15. The zero-order valence-electron chi connectivity index (χ0n) is 6.40. The smallest absolute Gasteiger partial charge is 0.251 e. The summed E-state index contributed by atoms with van der Waals surface area (Å²) in [6.07, 6.45) is -0.868. The second kappa shape index (κ2) is 2.60. The first-order valence-electron chi connectivity index (χ1n) is 3.82. The maximum Gasteiger partial charge on any atom is 0.251 e. The van der Waals surface area contributed by atoms with Gasteiger partial charge < -0.3 is 10.4 Å². The van der Waals surface area contributed by atoms with Crippen LogP contribution in [-0.4, -0.2) is 17.1 Å². The third-order valence-corrected chi connectivity index (χ3v) is 2.04. The Morgan fingerprint density at radius 3 is 2.42 bits per heavy atom. The van der Waals surface area contributed by atoms with Crippen molar-refractivity contribution >= 4 is 5.91 Å². The summed E-state index contributed by atoms with van der Waals surface area (Å²) in [5, 5.41) is 11.8. The molecule has 1 saturated heterocycles. The van der Waals surface area contributed by atoms with Crippen LogP contribution in [0.1, 0.15) is 11.6 Å². The van der Waals surface area contributed by atoms with E-state index in [1.165, 1.54) is 0 Å². The van der Waals surface area contributed by atoms with Gasteiger partial charge >= 0.3 is 0 Å². The molecule has 2 atom stereocenters. The number of benzene rings is 1. The van der Waals surface area contributed by atoms with Crippen LogP contribution in [0.25, 0.3) is 0 Å². The second-order valence-corrected chi connectivity index (χ2v) is 2.84. The maximum atomic E-state index is 10.7. The molecule has 3 heteroatoms. The van der Waals surface area contributed by atoms with Crippen molar-refractivity contribution in [3.8, 4) is 0 Å². The number of β-lactam (4-membered cyclic amide) rings is 1. The van der Waals surface area contributed by atoms with Crippen molar-refractivity contribution in [1.82, 2.24) is 5.32 Å². The molecule has 0 spiro atoms. The number of amides is 1. The number of hydrogen-bond donors (Lipinski definition) is 2. The molecule has 1 aromatic carbocycles. The molecule has 12 heavy (non-hydrogen) atoms. The number of nitrogens with one attached hydrogen (secondary N) is 1. The molecule has 0 aliphatic carbocycles. The first-order chi connectivity index (χ1) is 5.79. The lowest BCUT2D eigenvalue weighted by Crippen LogP contribution is -2.55. The minimum Gasteiger partial charge on any atom is -0.381 e. The Kier molecular flexibility index (Phi) is 1.59. The third-order valence-electron chi connectivity index (χ3n) is 2.04. The van der Waals surface area contributed by atoms with Crippen LogP contribution in [0.5, 0.6) is 0 Å². The predicted molar refractivity (Wildman–Crippen MR) is 43.3 cm³/mol. The van der Waals surface area contributed by atoms with Gasteiger partial charge in [0.1, 0.15) is 0 Å². The average molecular weight is 163 g/mol. The van der Waals surface area contributed by atoms with E-state index in [1.54, 1.807) is 0 Å². The molecule has 0 aromatic heterocycles. The zero-order chi connectivity index (χ0) is 8.55. The van der Waals surface area contributed by atoms with Gasteiger partial charge in [-0.2, -0.15) is 0 Å². The van der Waals surface area contributed by atoms with Crippen LogP contribution in [0.2, 0.25) is 0 Å². The normalized spacial score (nSPS) is 27.6. The Hall–Kier alpha value is -1.35. The lowest BCUT2D eigenvalue weighted by Gasteiger charge is -2.33. The Bertz CT molecular complexity index is 297. The van der Waals surface area contributed by atoms with Crippen LogP contribution in [-0.2, 0) is 4.79 Å². The standard InChI is InChI=1S/C9H9NO2/c11-8-7(10-9(8)12)6-4-2-1-3-5-6/h1-5,7-8,11H,(H,10,12)/t7?,8-/m1/s1. The Balaban J connectivity index is 2.18. The van der Waals surface area contributed by atoms with Gasteiger partial charge in [-0.05, 0) is 5.56 Å². The molecular formula is C9H9NO2. The van der Waals surface area contributed by atoms with E-state index < -0.39 is 6.10 Å². The van der Waals surface area contributed by atoms with Gasteiger partial charge in [0.2, 0.25) is 0 Å². The van der Waals surface area contributed by atoms with Crippen molar-refractivity contribution in [2.45, 2.75) is 12.1 Å². The van der Waals surface area contributed by atoms with Crippen LogP contribution in [0, 0.1) is 0 Å². The van der Waals surface area contributed by atoms with Gasteiger partial charge in [-0.25, -0.2) is 0 Å². The molecule has 0 saturated carbocycles. The predicted octanol–water partition coefficient (Wildman–Crippen LogP) is 0.218. The number of aliphatic hydroxyl groups excluding tert-OH is 1. The minimum atomic E-state index is -0.868. The molecule has 1 aliphatic heterocycles. The quantitative estimate of drug-likeness (QED) is 0.582. The van der Waals surface area contributed by atoms with Gasteiger partial charge in [0.25, 0.3) is 5.91 Å². The zero-order valence-corrected chi connectivity index (χ0v) is 6.40. The summed E-state index contributed by atoms with van der Waals surface area (Å²) in [5.41, 5.74) is 0.949. The molecular weight excluding hydrogens is 154 g/mol. The molecule has 62 valence electrons. The summed E-state index contributed by atoms with van der Waals surface area (Å²) in [7, 11) is 0. The van der Waals surface area contributed by atoms with E-state index in [1.807, 2.05) is 30.3 Å². The maximum absolute atomic E-state index is 10.7. The number of carbonyl (C=O) groups is 1. The molecule has 1 aromatic rings. The largest absolute Gasteiger partial charge is 0.381 e. The summed E-state index contributed by atoms with van der Waals surface area (Å²) >= 11 is 0. The molecule has 1 amide bonds. The van der Waals surface area contributed by atoms with Gasteiger partial charge in [0.15, 0.2) is 6.10 Å². The van der Waals surface area contributed by atoms with Crippen LogP contribution in [0.4, 0.5) is 0 Å². The van der Waals surface area contributed by atoms with E-state index in [2.05, 4.69) is 5.32 Å². The molecule has 3 nitrogen and oxygen atoms in total. The monoisotopic (exact) mass is 163 g/mol. The SMILES string of the molecule is O=C1NC(c2ccccc2)[C@H]1O. The van der Waals surface area contributed by atoms with Gasteiger partial charge in [0.05, 0.1) is 6.04 Å². The molecule has 1 unspecified atom stereocenters. The van der Waals surface area contributed by atoms with Gasteiger partial charge in [-0.1, -0.05) is 30.3 Å². The lowest BCUT2D eigenvalue weighted by atomic mass is 9.94. The van der Waals surface area contributed by atoms with E-state index in [9.17, 15) is 9.90 Å². The molecule has 0 radical (unpaired) electrons. The fourth-order valence-corrected chi connectivity index (χ4v) is 1.30. The van der Waals surface area contributed by atoms with E-state index in [0.717, 1.165) is 5.56 Å². The highest BCUT2D eigenvalue weighted by atomic mass is 16.3. The fourth-order valence-electron chi connectivity index (χ4n) is 1.30.